The Morgan fingerprint density at radius 2 is 1.50 bits per heavy atom. The molecule has 5 unspecified atom stereocenters. The van der Waals surface area contributed by atoms with Crippen LogP contribution in [0.15, 0.2) is 0 Å². The Bertz CT molecular complexity index is 383. The molecular weight excluding hydrogens is 242 g/mol. The summed E-state index contributed by atoms with van der Waals surface area (Å²) in [7, 11) is 2.09. The summed E-state index contributed by atoms with van der Waals surface area (Å²) in [5.74, 6) is 2.51. The van der Waals surface area contributed by atoms with Gasteiger partial charge in [0.1, 0.15) is 0 Å². The molecule has 2 fully saturated rings. The smallest absolute Gasteiger partial charge is 0.00464 e. The predicted octanol–water partition coefficient (Wildman–Crippen LogP) is 4.97. The Hall–Kier alpha value is -0.0400. The molecular formula is C19H37N. The average Bonchev–Trinajstić information content (AvgIpc) is 2.31. The normalized spacial score (nSPS) is 49.4. The second kappa shape index (κ2) is 4.48. The second-order valence-electron chi connectivity index (χ2n) is 9.51. The molecule has 2 saturated carbocycles. The van der Waals surface area contributed by atoms with Gasteiger partial charge >= 0.3 is 0 Å². The van der Waals surface area contributed by atoms with E-state index in [0.717, 1.165) is 24.3 Å². The summed E-state index contributed by atoms with van der Waals surface area (Å²) in [5, 5.41) is 3.39. The molecule has 0 spiro atoms. The van der Waals surface area contributed by atoms with Gasteiger partial charge in [0.05, 0.1) is 0 Å². The zero-order valence-corrected chi connectivity index (χ0v) is 15.4. The van der Waals surface area contributed by atoms with Crippen LogP contribution in [0.25, 0.3) is 0 Å². The first-order valence-corrected chi connectivity index (χ1v) is 8.61. The summed E-state index contributed by atoms with van der Waals surface area (Å²) in [6.07, 6.45) is 2.71. The van der Waals surface area contributed by atoms with Crippen LogP contribution in [0.5, 0.6) is 0 Å². The number of hydrogen-bond acceptors (Lipinski definition) is 1. The Kier molecular flexibility index (Phi) is 3.66. The zero-order chi connectivity index (χ0) is 15.6. The molecule has 1 nitrogen and oxygen atoms in total. The molecule has 118 valence electrons. The summed E-state index contributed by atoms with van der Waals surface area (Å²) in [6.45, 7) is 21.5. The molecule has 2 aliphatic carbocycles. The van der Waals surface area contributed by atoms with E-state index in [2.05, 4.69) is 67.8 Å². The number of hydrogen-bond donors (Lipinski definition) is 1. The largest absolute Gasteiger partial charge is 0.320 e. The van der Waals surface area contributed by atoms with Crippen LogP contribution in [0.2, 0.25) is 0 Å². The van der Waals surface area contributed by atoms with Crippen molar-refractivity contribution in [2.45, 2.75) is 68.2 Å². The van der Waals surface area contributed by atoms with Crippen molar-refractivity contribution < 1.29 is 0 Å². The van der Waals surface area contributed by atoms with E-state index in [-0.39, 0.29) is 0 Å². The van der Waals surface area contributed by atoms with Gasteiger partial charge in [-0.05, 0) is 65.8 Å². The van der Waals surface area contributed by atoms with Gasteiger partial charge in [-0.25, -0.2) is 0 Å². The maximum Gasteiger partial charge on any atom is -0.00464 e. The Labute approximate surface area is 127 Å². The molecule has 2 aliphatic rings. The highest BCUT2D eigenvalue weighted by atomic mass is 14.8. The second-order valence-corrected chi connectivity index (χ2v) is 9.51. The number of rotatable bonds is 3. The van der Waals surface area contributed by atoms with Crippen LogP contribution >= 0.6 is 0 Å². The fraction of sp³-hybridized carbons (Fsp3) is 1.00. The lowest BCUT2D eigenvalue weighted by Crippen LogP contribution is -2.71. The van der Waals surface area contributed by atoms with Crippen LogP contribution in [0.1, 0.15) is 68.2 Å². The summed E-state index contributed by atoms with van der Waals surface area (Å²) in [6, 6.07) is 0. The van der Waals surface area contributed by atoms with Crippen LogP contribution < -0.4 is 5.32 Å². The topological polar surface area (TPSA) is 12.0 Å². The zero-order valence-electron chi connectivity index (χ0n) is 15.4. The highest BCUT2D eigenvalue weighted by Gasteiger charge is 2.71. The Balaban J connectivity index is 2.49. The van der Waals surface area contributed by atoms with Gasteiger partial charge in [-0.15, -0.1) is 0 Å². The van der Waals surface area contributed by atoms with Crippen LogP contribution in [0.3, 0.4) is 0 Å². The molecule has 20 heavy (non-hydrogen) atoms. The van der Waals surface area contributed by atoms with E-state index in [1.807, 2.05) is 0 Å². The SMILES string of the molecule is CNCCC1(C)C(C)C(C)(C)C2(C)CC(C)C2C1(C)C. The monoisotopic (exact) mass is 279 g/mol. The summed E-state index contributed by atoms with van der Waals surface area (Å²) < 4.78 is 0. The van der Waals surface area contributed by atoms with E-state index in [1.54, 1.807) is 0 Å². The minimum absolute atomic E-state index is 0.415. The Morgan fingerprint density at radius 1 is 0.950 bits per heavy atom. The van der Waals surface area contributed by atoms with Gasteiger partial charge < -0.3 is 5.32 Å². The maximum atomic E-state index is 3.39. The molecule has 1 N–H and O–H groups in total. The van der Waals surface area contributed by atoms with E-state index in [0.29, 0.717) is 21.7 Å². The standard InChI is InChI=1S/C19H37N/c1-13-12-19(8)15(13)17(5,6)18(7,10-11-20-9)14(2)16(19,3)4/h13-15,20H,10-12H2,1-9H3. The highest BCUT2D eigenvalue weighted by molar-refractivity contribution is 5.19. The van der Waals surface area contributed by atoms with Crippen LogP contribution in [0, 0.1) is 39.4 Å². The number of fused-ring (bicyclic) bond motifs is 1. The van der Waals surface area contributed by atoms with Gasteiger partial charge in [0.15, 0.2) is 0 Å². The fourth-order valence-corrected chi connectivity index (χ4v) is 6.68. The molecule has 0 radical (unpaired) electrons. The molecule has 0 aromatic heterocycles. The van der Waals surface area contributed by atoms with Gasteiger partial charge in [-0.1, -0.05) is 55.4 Å². The third-order valence-corrected chi connectivity index (χ3v) is 8.66. The summed E-state index contributed by atoms with van der Waals surface area (Å²) in [5.41, 5.74) is 1.79. The molecule has 2 rings (SSSR count). The third-order valence-electron chi connectivity index (χ3n) is 8.66. The molecule has 0 amide bonds. The van der Waals surface area contributed by atoms with E-state index in [1.165, 1.54) is 12.8 Å². The van der Waals surface area contributed by atoms with Gasteiger partial charge in [0, 0.05) is 0 Å². The summed E-state index contributed by atoms with van der Waals surface area (Å²) in [4.78, 5) is 0. The predicted molar refractivity (Wildman–Crippen MR) is 88.8 cm³/mol. The summed E-state index contributed by atoms with van der Waals surface area (Å²) >= 11 is 0. The van der Waals surface area contributed by atoms with Crippen molar-refractivity contribution in [2.24, 2.45) is 39.4 Å². The molecule has 0 bridgehead atoms. The maximum absolute atomic E-state index is 3.39. The number of nitrogens with one attached hydrogen (secondary N) is 1. The van der Waals surface area contributed by atoms with E-state index < -0.39 is 0 Å². The first-order valence-electron chi connectivity index (χ1n) is 8.61. The molecule has 0 aliphatic heterocycles. The van der Waals surface area contributed by atoms with Crippen molar-refractivity contribution in [2.75, 3.05) is 13.6 Å². The van der Waals surface area contributed by atoms with Crippen molar-refractivity contribution in [3.63, 3.8) is 0 Å². The quantitative estimate of drug-likeness (QED) is 0.769. The van der Waals surface area contributed by atoms with Gasteiger partial charge in [-0.2, -0.15) is 0 Å². The minimum atomic E-state index is 0.415. The van der Waals surface area contributed by atoms with E-state index >= 15 is 0 Å². The van der Waals surface area contributed by atoms with E-state index in [4.69, 9.17) is 0 Å². The lowest BCUT2D eigenvalue weighted by molar-refractivity contribution is -0.283. The lowest BCUT2D eigenvalue weighted by atomic mass is 9.28. The van der Waals surface area contributed by atoms with Crippen LogP contribution in [-0.2, 0) is 0 Å². The molecule has 1 heteroatoms. The first kappa shape index (κ1) is 16.3. The van der Waals surface area contributed by atoms with Crippen LogP contribution in [-0.4, -0.2) is 13.6 Å². The molecule has 0 aromatic carbocycles. The molecule has 0 heterocycles. The van der Waals surface area contributed by atoms with Crippen molar-refractivity contribution >= 4 is 0 Å². The van der Waals surface area contributed by atoms with Gasteiger partial charge in [0.25, 0.3) is 0 Å². The molecule has 0 saturated heterocycles. The van der Waals surface area contributed by atoms with Crippen LogP contribution in [0.4, 0.5) is 0 Å². The highest BCUT2D eigenvalue weighted by Crippen LogP contribution is 2.77. The first-order chi connectivity index (χ1) is 8.97. The van der Waals surface area contributed by atoms with Gasteiger partial charge in [-0.3, -0.25) is 0 Å². The van der Waals surface area contributed by atoms with Crippen molar-refractivity contribution in [1.82, 2.24) is 5.32 Å². The molecule has 0 aromatic rings. The van der Waals surface area contributed by atoms with Crippen molar-refractivity contribution in [3.8, 4) is 0 Å². The average molecular weight is 280 g/mol. The van der Waals surface area contributed by atoms with Crippen molar-refractivity contribution in [1.29, 1.82) is 0 Å². The fourth-order valence-electron chi connectivity index (χ4n) is 6.68. The van der Waals surface area contributed by atoms with Gasteiger partial charge in [0.2, 0.25) is 0 Å². The Morgan fingerprint density at radius 3 is 1.95 bits per heavy atom. The third kappa shape index (κ3) is 1.65. The van der Waals surface area contributed by atoms with Crippen molar-refractivity contribution in [3.05, 3.63) is 0 Å². The minimum Gasteiger partial charge on any atom is -0.320 e. The molecule has 5 atom stereocenters. The lowest BCUT2D eigenvalue weighted by Gasteiger charge is -2.76. The van der Waals surface area contributed by atoms with E-state index in [9.17, 15) is 0 Å².